The maximum absolute atomic E-state index is 12.5. The van der Waals surface area contributed by atoms with Crippen LogP contribution in [-0.2, 0) is 16.9 Å². The minimum Gasteiger partial charge on any atom is -0.494 e. The van der Waals surface area contributed by atoms with Gasteiger partial charge < -0.3 is 15.8 Å². The monoisotopic (exact) mass is 376 g/mol. The first-order chi connectivity index (χ1) is 10.9. The van der Waals surface area contributed by atoms with Crippen LogP contribution in [0.1, 0.15) is 25.0 Å². The Balaban J connectivity index is 2.08. The van der Waals surface area contributed by atoms with E-state index in [1.165, 1.54) is 0 Å². The van der Waals surface area contributed by atoms with Crippen molar-refractivity contribution >= 4 is 21.8 Å². The average Bonchev–Trinajstić information content (AvgIpc) is 2.54. The van der Waals surface area contributed by atoms with Gasteiger partial charge in [0, 0.05) is 16.6 Å². The first kappa shape index (κ1) is 17.5. The summed E-state index contributed by atoms with van der Waals surface area (Å²) in [5.74, 6) is 0.545. The van der Waals surface area contributed by atoms with Gasteiger partial charge in [0.15, 0.2) is 0 Å². The molecule has 3 N–H and O–H groups in total. The van der Waals surface area contributed by atoms with Crippen LogP contribution in [-0.4, -0.2) is 12.5 Å². The van der Waals surface area contributed by atoms with Crippen molar-refractivity contribution in [3.63, 3.8) is 0 Å². The second-order valence-electron chi connectivity index (χ2n) is 5.43. The smallest absolute Gasteiger partial charge is 0.244 e. The summed E-state index contributed by atoms with van der Waals surface area (Å²) in [5, 5.41) is 2.90. The number of para-hydroxylation sites is 1. The Morgan fingerprint density at radius 1 is 1.22 bits per heavy atom. The van der Waals surface area contributed by atoms with E-state index in [9.17, 15) is 4.79 Å². The van der Waals surface area contributed by atoms with E-state index in [0.29, 0.717) is 13.2 Å². The van der Waals surface area contributed by atoms with Gasteiger partial charge in [0.1, 0.15) is 11.3 Å². The van der Waals surface area contributed by atoms with Crippen LogP contribution in [0.5, 0.6) is 5.75 Å². The molecule has 2 aromatic rings. The Labute approximate surface area is 145 Å². The van der Waals surface area contributed by atoms with E-state index in [2.05, 4.69) is 21.2 Å². The molecule has 1 atom stereocenters. The zero-order valence-corrected chi connectivity index (χ0v) is 14.9. The fraction of sp³-hybridized carbons (Fsp3) is 0.278. The number of carbonyl (C=O) groups is 1. The summed E-state index contributed by atoms with van der Waals surface area (Å²) in [6, 6.07) is 15.1. The van der Waals surface area contributed by atoms with Gasteiger partial charge in [-0.15, -0.1) is 0 Å². The summed E-state index contributed by atoms with van der Waals surface area (Å²) in [6.45, 7) is 4.59. The van der Waals surface area contributed by atoms with Crippen LogP contribution in [0.3, 0.4) is 0 Å². The molecule has 1 amide bonds. The SMILES string of the molecule is CCOc1ccccc1CNC(=O)C(C)(N)c1ccc(Br)cc1. The third-order valence-corrected chi connectivity index (χ3v) is 4.16. The molecule has 1 unspecified atom stereocenters. The van der Waals surface area contributed by atoms with E-state index in [1.54, 1.807) is 6.92 Å². The number of halogens is 1. The van der Waals surface area contributed by atoms with Gasteiger partial charge >= 0.3 is 0 Å². The van der Waals surface area contributed by atoms with Crippen molar-refractivity contribution in [2.75, 3.05) is 6.61 Å². The standard InChI is InChI=1S/C18H21BrN2O2/c1-3-23-16-7-5-4-6-13(16)12-21-17(22)18(2,20)14-8-10-15(19)11-9-14/h4-11H,3,12,20H2,1-2H3,(H,21,22). The second-order valence-corrected chi connectivity index (χ2v) is 6.35. The highest BCUT2D eigenvalue weighted by molar-refractivity contribution is 9.10. The lowest BCUT2D eigenvalue weighted by molar-refractivity contribution is -0.126. The Kier molecular flexibility index (Phi) is 5.80. The number of ether oxygens (including phenoxy) is 1. The van der Waals surface area contributed by atoms with Crippen molar-refractivity contribution in [2.24, 2.45) is 5.73 Å². The van der Waals surface area contributed by atoms with Crippen LogP contribution in [0, 0.1) is 0 Å². The molecule has 0 aliphatic carbocycles. The van der Waals surface area contributed by atoms with E-state index in [1.807, 2.05) is 55.5 Å². The molecule has 5 heteroatoms. The predicted molar refractivity (Wildman–Crippen MR) is 95.1 cm³/mol. The number of hydrogen-bond donors (Lipinski definition) is 2. The van der Waals surface area contributed by atoms with Crippen molar-refractivity contribution in [2.45, 2.75) is 25.9 Å². The van der Waals surface area contributed by atoms with Crippen molar-refractivity contribution < 1.29 is 9.53 Å². The van der Waals surface area contributed by atoms with E-state index < -0.39 is 5.54 Å². The van der Waals surface area contributed by atoms with Gasteiger partial charge in [0.2, 0.25) is 5.91 Å². The summed E-state index contributed by atoms with van der Waals surface area (Å²) in [5.41, 5.74) is 6.82. The molecule has 2 rings (SSSR count). The largest absolute Gasteiger partial charge is 0.494 e. The van der Waals surface area contributed by atoms with Crippen LogP contribution in [0.25, 0.3) is 0 Å². The Hall–Kier alpha value is -1.85. The third-order valence-electron chi connectivity index (χ3n) is 3.63. The van der Waals surface area contributed by atoms with Gasteiger partial charge in [0.05, 0.1) is 6.61 Å². The molecule has 0 heterocycles. The summed E-state index contributed by atoms with van der Waals surface area (Å²) in [4.78, 5) is 12.5. The lowest BCUT2D eigenvalue weighted by Crippen LogP contribution is -2.48. The molecular weight excluding hydrogens is 356 g/mol. The van der Waals surface area contributed by atoms with Gasteiger partial charge in [0.25, 0.3) is 0 Å². The zero-order chi connectivity index (χ0) is 16.9. The average molecular weight is 377 g/mol. The molecule has 0 fully saturated rings. The molecule has 0 aliphatic rings. The van der Waals surface area contributed by atoms with Crippen LogP contribution < -0.4 is 15.8 Å². The summed E-state index contributed by atoms with van der Waals surface area (Å²) in [7, 11) is 0. The number of carbonyl (C=O) groups excluding carboxylic acids is 1. The van der Waals surface area contributed by atoms with Gasteiger partial charge in [-0.05, 0) is 37.6 Å². The molecule has 0 aromatic heterocycles. The summed E-state index contributed by atoms with van der Waals surface area (Å²) in [6.07, 6.45) is 0. The van der Waals surface area contributed by atoms with Crippen LogP contribution in [0.15, 0.2) is 53.0 Å². The van der Waals surface area contributed by atoms with Crippen molar-refractivity contribution in [3.8, 4) is 5.75 Å². The summed E-state index contributed by atoms with van der Waals surface area (Å²) >= 11 is 3.38. The fourth-order valence-electron chi connectivity index (χ4n) is 2.23. The zero-order valence-electron chi connectivity index (χ0n) is 13.3. The molecule has 0 aliphatic heterocycles. The van der Waals surface area contributed by atoms with E-state index in [-0.39, 0.29) is 5.91 Å². The topological polar surface area (TPSA) is 64.3 Å². The number of benzene rings is 2. The van der Waals surface area contributed by atoms with Crippen molar-refractivity contribution in [1.29, 1.82) is 0 Å². The normalized spacial score (nSPS) is 13.2. The van der Waals surface area contributed by atoms with Crippen LogP contribution in [0.2, 0.25) is 0 Å². The Morgan fingerprint density at radius 2 is 1.87 bits per heavy atom. The third kappa shape index (κ3) is 4.33. The first-order valence-electron chi connectivity index (χ1n) is 7.49. The molecule has 0 bridgehead atoms. The highest BCUT2D eigenvalue weighted by Crippen LogP contribution is 2.22. The number of nitrogens with one attached hydrogen (secondary N) is 1. The molecule has 2 aromatic carbocycles. The number of amides is 1. The van der Waals surface area contributed by atoms with E-state index >= 15 is 0 Å². The minimum atomic E-state index is -1.10. The molecule has 0 saturated carbocycles. The number of rotatable bonds is 6. The van der Waals surface area contributed by atoms with Crippen molar-refractivity contribution in [3.05, 3.63) is 64.1 Å². The van der Waals surface area contributed by atoms with E-state index in [0.717, 1.165) is 21.3 Å². The van der Waals surface area contributed by atoms with Gasteiger partial charge in [-0.1, -0.05) is 46.3 Å². The van der Waals surface area contributed by atoms with Gasteiger partial charge in [-0.25, -0.2) is 0 Å². The quantitative estimate of drug-likeness (QED) is 0.812. The Bertz CT molecular complexity index is 669. The highest BCUT2D eigenvalue weighted by Gasteiger charge is 2.30. The molecule has 4 nitrogen and oxygen atoms in total. The van der Waals surface area contributed by atoms with E-state index in [4.69, 9.17) is 10.5 Å². The van der Waals surface area contributed by atoms with Crippen LogP contribution >= 0.6 is 15.9 Å². The molecular formula is C18H21BrN2O2. The summed E-state index contributed by atoms with van der Waals surface area (Å²) < 4.78 is 6.51. The number of nitrogens with two attached hydrogens (primary N) is 1. The maximum Gasteiger partial charge on any atom is 0.244 e. The molecule has 23 heavy (non-hydrogen) atoms. The fourth-order valence-corrected chi connectivity index (χ4v) is 2.50. The molecule has 0 spiro atoms. The number of hydrogen-bond acceptors (Lipinski definition) is 3. The Morgan fingerprint density at radius 3 is 2.52 bits per heavy atom. The van der Waals surface area contributed by atoms with Crippen LogP contribution in [0.4, 0.5) is 0 Å². The lowest BCUT2D eigenvalue weighted by Gasteiger charge is -2.24. The predicted octanol–water partition coefficient (Wildman–Crippen LogP) is 3.34. The van der Waals surface area contributed by atoms with Gasteiger partial charge in [-0.2, -0.15) is 0 Å². The maximum atomic E-state index is 12.5. The molecule has 0 saturated heterocycles. The minimum absolute atomic E-state index is 0.230. The van der Waals surface area contributed by atoms with Crippen molar-refractivity contribution in [1.82, 2.24) is 5.32 Å². The second kappa shape index (κ2) is 7.62. The van der Waals surface area contributed by atoms with Gasteiger partial charge in [-0.3, -0.25) is 4.79 Å². The highest BCUT2D eigenvalue weighted by atomic mass is 79.9. The lowest BCUT2D eigenvalue weighted by atomic mass is 9.92. The molecule has 122 valence electrons. The molecule has 0 radical (unpaired) electrons. The first-order valence-corrected chi connectivity index (χ1v) is 8.28.